The molecule has 1 aliphatic heterocycles. The lowest BCUT2D eigenvalue weighted by Crippen LogP contribution is -2.42. The molecule has 2 N–H and O–H groups in total. The summed E-state index contributed by atoms with van der Waals surface area (Å²) in [5.74, 6) is 1.48. The minimum Gasteiger partial charge on any atom is -0.482 e. The number of amides is 1. The number of anilines is 1. The van der Waals surface area contributed by atoms with Crippen molar-refractivity contribution in [2.24, 2.45) is 4.99 Å². The third kappa shape index (κ3) is 4.84. The number of halogens is 1. The van der Waals surface area contributed by atoms with Crippen molar-refractivity contribution in [1.82, 2.24) is 10.6 Å². The van der Waals surface area contributed by atoms with Crippen LogP contribution in [0.15, 0.2) is 58.0 Å². The predicted octanol–water partition coefficient (Wildman–Crippen LogP) is 3.49. The van der Waals surface area contributed by atoms with Crippen molar-refractivity contribution in [2.75, 3.05) is 31.6 Å². The quantitative estimate of drug-likeness (QED) is 0.406. The normalized spacial score (nSPS) is 14.9. The van der Waals surface area contributed by atoms with E-state index >= 15 is 0 Å². The molecule has 0 bridgehead atoms. The third-order valence-corrected chi connectivity index (χ3v) is 5.33. The first-order chi connectivity index (χ1) is 13.6. The van der Waals surface area contributed by atoms with E-state index in [9.17, 15) is 4.79 Å². The number of para-hydroxylation sites is 2. The fourth-order valence-electron chi connectivity index (χ4n) is 3.15. The summed E-state index contributed by atoms with van der Waals surface area (Å²) >= 11 is 3.59. The van der Waals surface area contributed by atoms with Gasteiger partial charge in [0.15, 0.2) is 12.6 Å². The van der Waals surface area contributed by atoms with Crippen LogP contribution in [0.25, 0.3) is 0 Å². The highest BCUT2D eigenvalue weighted by Crippen LogP contribution is 2.31. The van der Waals surface area contributed by atoms with Gasteiger partial charge in [0.05, 0.1) is 11.7 Å². The van der Waals surface area contributed by atoms with Gasteiger partial charge >= 0.3 is 0 Å². The summed E-state index contributed by atoms with van der Waals surface area (Å²) in [6, 6.07) is 15.9. The van der Waals surface area contributed by atoms with Gasteiger partial charge in [0.1, 0.15) is 5.75 Å². The molecule has 6 nitrogen and oxygen atoms in total. The number of benzene rings is 2. The van der Waals surface area contributed by atoms with Gasteiger partial charge in [0.2, 0.25) is 0 Å². The van der Waals surface area contributed by atoms with Crippen LogP contribution in [0.3, 0.4) is 0 Å². The summed E-state index contributed by atoms with van der Waals surface area (Å²) in [5, 5.41) is 6.72. The predicted molar refractivity (Wildman–Crippen MR) is 116 cm³/mol. The second-order valence-electron chi connectivity index (χ2n) is 6.54. The molecule has 0 radical (unpaired) electrons. The fraction of sp³-hybridized carbons (Fsp3) is 0.333. The fourth-order valence-corrected chi connectivity index (χ4v) is 3.77. The van der Waals surface area contributed by atoms with Gasteiger partial charge in [-0.25, -0.2) is 0 Å². The maximum atomic E-state index is 12.2. The molecular formula is C21H25BrN4O2. The van der Waals surface area contributed by atoms with Gasteiger partial charge in [-0.15, -0.1) is 0 Å². The SMILES string of the molecule is CN=C(NCCCN1C(=O)COc2ccccc21)NC(C)c1ccccc1Br. The number of hydrogen-bond acceptors (Lipinski definition) is 3. The molecule has 0 aromatic heterocycles. The van der Waals surface area contributed by atoms with E-state index in [0.29, 0.717) is 13.1 Å². The molecule has 1 amide bonds. The lowest BCUT2D eigenvalue weighted by atomic mass is 10.1. The van der Waals surface area contributed by atoms with Crippen LogP contribution in [0, 0.1) is 0 Å². The second kappa shape index (κ2) is 9.59. The monoisotopic (exact) mass is 444 g/mol. The summed E-state index contributed by atoms with van der Waals surface area (Å²) in [6.07, 6.45) is 0.796. The Bertz CT molecular complexity index is 856. The van der Waals surface area contributed by atoms with Gasteiger partial charge in [0, 0.05) is 24.6 Å². The van der Waals surface area contributed by atoms with Crippen LogP contribution < -0.4 is 20.3 Å². The van der Waals surface area contributed by atoms with Crippen molar-refractivity contribution in [1.29, 1.82) is 0 Å². The lowest BCUT2D eigenvalue weighted by molar-refractivity contribution is -0.121. The zero-order chi connectivity index (χ0) is 19.9. The highest BCUT2D eigenvalue weighted by atomic mass is 79.9. The van der Waals surface area contributed by atoms with Crippen molar-refractivity contribution in [2.45, 2.75) is 19.4 Å². The Kier molecular flexibility index (Phi) is 6.92. The van der Waals surface area contributed by atoms with Crippen LogP contribution in [0.2, 0.25) is 0 Å². The van der Waals surface area contributed by atoms with Gasteiger partial charge in [-0.1, -0.05) is 46.3 Å². The van der Waals surface area contributed by atoms with E-state index in [1.54, 1.807) is 11.9 Å². The van der Waals surface area contributed by atoms with Gasteiger partial charge in [-0.2, -0.15) is 0 Å². The number of guanidine groups is 1. The standard InChI is InChI=1S/C21H25BrN4O2/c1-15(16-8-3-4-9-17(16)22)25-21(23-2)24-12-7-13-26-18-10-5-6-11-19(18)28-14-20(26)27/h3-6,8-11,15H,7,12-14H2,1-2H3,(H2,23,24,25). The maximum absolute atomic E-state index is 12.2. The molecule has 1 unspecified atom stereocenters. The topological polar surface area (TPSA) is 66.0 Å². The van der Waals surface area contributed by atoms with Gasteiger partial charge in [-0.05, 0) is 37.1 Å². The largest absolute Gasteiger partial charge is 0.482 e. The molecule has 2 aromatic carbocycles. The highest BCUT2D eigenvalue weighted by molar-refractivity contribution is 9.10. The minimum atomic E-state index is -0.0104. The van der Waals surface area contributed by atoms with Crippen LogP contribution in [-0.2, 0) is 4.79 Å². The van der Waals surface area contributed by atoms with E-state index in [0.717, 1.165) is 28.3 Å². The first kappa shape index (κ1) is 20.2. The average Bonchev–Trinajstić information content (AvgIpc) is 2.71. The summed E-state index contributed by atoms with van der Waals surface area (Å²) < 4.78 is 6.55. The van der Waals surface area contributed by atoms with Crippen LogP contribution >= 0.6 is 15.9 Å². The Morgan fingerprint density at radius 3 is 2.79 bits per heavy atom. The second-order valence-corrected chi connectivity index (χ2v) is 7.40. The molecule has 0 aliphatic carbocycles. The number of hydrogen-bond donors (Lipinski definition) is 2. The van der Waals surface area contributed by atoms with Crippen LogP contribution in [0.4, 0.5) is 5.69 Å². The number of nitrogens with one attached hydrogen (secondary N) is 2. The van der Waals surface area contributed by atoms with Crippen LogP contribution in [-0.4, -0.2) is 38.6 Å². The number of carbonyl (C=O) groups excluding carboxylic acids is 1. The Morgan fingerprint density at radius 2 is 2.00 bits per heavy atom. The van der Waals surface area contributed by atoms with E-state index in [-0.39, 0.29) is 18.6 Å². The van der Waals surface area contributed by atoms with E-state index in [1.807, 2.05) is 42.5 Å². The summed E-state index contributed by atoms with van der Waals surface area (Å²) in [7, 11) is 1.75. The number of nitrogens with zero attached hydrogens (tertiary/aromatic N) is 2. The van der Waals surface area contributed by atoms with Gasteiger partial charge < -0.3 is 20.3 Å². The summed E-state index contributed by atoms with van der Waals surface area (Å²) in [6.45, 7) is 3.52. The van der Waals surface area contributed by atoms with Gasteiger partial charge in [0.25, 0.3) is 5.91 Å². The van der Waals surface area contributed by atoms with E-state index in [4.69, 9.17) is 4.74 Å². The van der Waals surface area contributed by atoms with Gasteiger partial charge in [-0.3, -0.25) is 9.79 Å². The molecule has 1 heterocycles. The first-order valence-corrected chi connectivity index (χ1v) is 10.1. The van der Waals surface area contributed by atoms with E-state index < -0.39 is 0 Å². The first-order valence-electron chi connectivity index (χ1n) is 9.34. The molecule has 3 rings (SSSR count). The number of rotatable bonds is 6. The highest BCUT2D eigenvalue weighted by Gasteiger charge is 2.24. The maximum Gasteiger partial charge on any atom is 0.265 e. The zero-order valence-corrected chi connectivity index (χ0v) is 17.7. The Morgan fingerprint density at radius 1 is 1.25 bits per heavy atom. The number of ether oxygens (including phenoxy) is 1. The molecule has 7 heteroatoms. The molecular weight excluding hydrogens is 420 g/mol. The minimum absolute atomic E-state index is 0.0104. The molecule has 0 spiro atoms. The van der Waals surface area contributed by atoms with E-state index in [2.05, 4.69) is 44.5 Å². The van der Waals surface area contributed by atoms with E-state index in [1.165, 1.54) is 5.56 Å². The molecule has 1 aliphatic rings. The molecule has 1 atom stereocenters. The van der Waals surface area contributed by atoms with Crippen molar-refractivity contribution >= 4 is 33.5 Å². The number of aliphatic imine (C=N–C) groups is 1. The Balaban J connectivity index is 1.50. The molecule has 28 heavy (non-hydrogen) atoms. The van der Waals surface area contributed by atoms with Crippen molar-refractivity contribution in [3.05, 3.63) is 58.6 Å². The van der Waals surface area contributed by atoms with Crippen LogP contribution in [0.5, 0.6) is 5.75 Å². The Labute approximate surface area is 174 Å². The number of fused-ring (bicyclic) bond motifs is 1. The van der Waals surface area contributed by atoms with Crippen LogP contribution in [0.1, 0.15) is 24.9 Å². The molecule has 2 aromatic rings. The smallest absolute Gasteiger partial charge is 0.265 e. The third-order valence-electron chi connectivity index (χ3n) is 4.61. The zero-order valence-electron chi connectivity index (χ0n) is 16.1. The van der Waals surface area contributed by atoms with Crippen molar-refractivity contribution in [3.63, 3.8) is 0 Å². The average molecular weight is 445 g/mol. The molecule has 0 saturated carbocycles. The summed E-state index contributed by atoms with van der Waals surface area (Å²) in [4.78, 5) is 18.3. The van der Waals surface area contributed by atoms with Crippen molar-refractivity contribution < 1.29 is 9.53 Å². The summed E-state index contributed by atoms with van der Waals surface area (Å²) in [5.41, 5.74) is 2.00. The molecule has 0 fully saturated rings. The molecule has 0 saturated heterocycles. The lowest BCUT2D eigenvalue weighted by Gasteiger charge is -2.29. The Hall–Kier alpha value is -2.54. The number of carbonyl (C=O) groups is 1. The van der Waals surface area contributed by atoms with Crippen molar-refractivity contribution in [3.8, 4) is 5.75 Å². The molecule has 148 valence electrons.